The lowest BCUT2D eigenvalue weighted by Crippen LogP contribution is -2.23. The summed E-state index contributed by atoms with van der Waals surface area (Å²) < 4.78 is 25.7. The van der Waals surface area contributed by atoms with E-state index in [4.69, 9.17) is 5.73 Å². The minimum absolute atomic E-state index is 0.0180. The van der Waals surface area contributed by atoms with E-state index in [1.165, 1.54) is 6.92 Å². The molecule has 0 aliphatic heterocycles. The van der Waals surface area contributed by atoms with Crippen LogP contribution in [0.5, 0.6) is 0 Å². The van der Waals surface area contributed by atoms with Gasteiger partial charge in [0.05, 0.1) is 0 Å². The molecule has 0 amide bonds. The Morgan fingerprint density at radius 3 is 2.00 bits per heavy atom. The molecular weight excluding hydrogens is 184 g/mol. The van der Waals surface area contributed by atoms with Crippen molar-refractivity contribution in [2.24, 2.45) is 11.1 Å². The van der Waals surface area contributed by atoms with Crippen LogP contribution in [0, 0.1) is 5.41 Å². The molecule has 3 heteroatoms. The average molecular weight is 207 g/mol. The van der Waals surface area contributed by atoms with Crippen LogP contribution in [0.4, 0.5) is 8.78 Å². The summed E-state index contributed by atoms with van der Waals surface area (Å²) in [6.45, 7) is 6.30. The van der Waals surface area contributed by atoms with Crippen LogP contribution in [0.3, 0.4) is 0 Å². The van der Waals surface area contributed by atoms with E-state index in [2.05, 4.69) is 13.8 Å². The molecule has 0 bridgehead atoms. The number of alkyl halides is 2. The predicted molar refractivity (Wildman–Crippen MR) is 56.5 cm³/mol. The largest absolute Gasteiger partial charge is 0.330 e. The molecule has 0 fully saturated rings. The van der Waals surface area contributed by atoms with Gasteiger partial charge in [-0.05, 0) is 24.8 Å². The molecule has 0 heterocycles. The fraction of sp³-hybridized carbons (Fsp3) is 1.00. The summed E-state index contributed by atoms with van der Waals surface area (Å²) in [6, 6.07) is 0. The standard InChI is InChI=1S/C11H23F2N/c1-4-11(12,13)8-6-5-7-10(2,3)9-14/h4-9,14H2,1-3H3. The van der Waals surface area contributed by atoms with Gasteiger partial charge in [0.2, 0.25) is 5.92 Å². The van der Waals surface area contributed by atoms with Gasteiger partial charge in [-0.1, -0.05) is 27.2 Å². The smallest absolute Gasteiger partial charge is 0.247 e. The molecule has 0 aromatic carbocycles. The molecule has 1 nitrogen and oxygen atoms in total. The number of hydrogen-bond acceptors (Lipinski definition) is 1. The predicted octanol–water partition coefficient (Wildman–Crippen LogP) is 3.58. The third-order valence-corrected chi connectivity index (χ3v) is 2.72. The molecule has 86 valence electrons. The zero-order valence-corrected chi connectivity index (χ0v) is 9.58. The summed E-state index contributed by atoms with van der Waals surface area (Å²) >= 11 is 0. The zero-order chi connectivity index (χ0) is 11.2. The summed E-state index contributed by atoms with van der Waals surface area (Å²) in [5, 5.41) is 0. The molecule has 0 spiro atoms. The highest BCUT2D eigenvalue weighted by atomic mass is 19.3. The number of nitrogens with two attached hydrogens (primary N) is 1. The second-order valence-corrected chi connectivity index (χ2v) is 4.78. The highest BCUT2D eigenvalue weighted by Crippen LogP contribution is 2.27. The Hall–Kier alpha value is -0.180. The molecule has 0 aromatic heterocycles. The van der Waals surface area contributed by atoms with E-state index in [0.29, 0.717) is 13.0 Å². The first-order valence-electron chi connectivity index (χ1n) is 5.41. The van der Waals surface area contributed by atoms with Gasteiger partial charge in [-0.15, -0.1) is 0 Å². The molecule has 0 aromatic rings. The van der Waals surface area contributed by atoms with E-state index in [0.717, 1.165) is 12.8 Å². The van der Waals surface area contributed by atoms with Crippen molar-refractivity contribution in [2.75, 3.05) is 6.54 Å². The molecule has 0 aliphatic rings. The lowest BCUT2D eigenvalue weighted by atomic mass is 9.87. The van der Waals surface area contributed by atoms with Gasteiger partial charge in [-0.3, -0.25) is 0 Å². The van der Waals surface area contributed by atoms with Crippen LogP contribution in [0.2, 0.25) is 0 Å². The lowest BCUT2D eigenvalue weighted by molar-refractivity contribution is -0.0142. The van der Waals surface area contributed by atoms with Crippen molar-refractivity contribution < 1.29 is 8.78 Å². The maximum absolute atomic E-state index is 12.8. The second kappa shape index (κ2) is 5.64. The van der Waals surface area contributed by atoms with Gasteiger partial charge in [-0.25, -0.2) is 8.78 Å². The van der Waals surface area contributed by atoms with Crippen molar-refractivity contribution in [3.8, 4) is 0 Å². The Labute approximate surface area is 86.1 Å². The van der Waals surface area contributed by atoms with Gasteiger partial charge in [0.25, 0.3) is 0 Å². The maximum atomic E-state index is 12.8. The van der Waals surface area contributed by atoms with Gasteiger partial charge >= 0.3 is 0 Å². The van der Waals surface area contributed by atoms with Gasteiger partial charge in [-0.2, -0.15) is 0 Å². The van der Waals surface area contributed by atoms with Gasteiger partial charge in [0.1, 0.15) is 0 Å². The quantitative estimate of drug-likeness (QED) is 0.634. The van der Waals surface area contributed by atoms with E-state index in [1.54, 1.807) is 0 Å². The topological polar surface area (TPSA) is 26.0 Å². The summed E-state index contributed by atoms with van der Waals surface area (Å²) in [5.74, 6) is -2.47. The molecule has 0 atom stereocenters. The second-order valence-electron chi connectivity index (χ2n) is 4.78. The Morgan fingerprint density at radius 1 is 1.07 bits per heavy atom. The number of unbranched alkanes of at least 4 members (excludes halogenated alkanes) is 1. The molecule has 2 N–H and O–H groups in total. The first-order valence-corrected chi connectivity index (χ1v) is 5.41. The van der Waals surface area contributed by atoms with E-state index < -0.39 is 5.92 Å². The van der Waals surface area contributed by atoms with Crippen LogP contribution in [0.15, 0.2) is 0 Å². The summed E-state index contributed by atoms with van der Waals surface area (Å²) in [4.78, 5) is 0. The van der Waals surface area contributed by atoms with Gasteiger partial charge in [0.15, 0.2) is 0 Å². The van der Waals surface area contributed by atoms with Crippen LogP contribution >= 0.6 is 0 Å². The first-order chi connectivity index (χ1) is 6.33. The average Bonchev–Trinajstić information content (AvgIpc) is 2.13. The Balaban J connectivity index is 3.57. The Morgan fingerprint density at radius 2 is 1.57 bits per heavy atom. The van der Waals surface area contributed by atoms with E-state index in [9.17, 15) is 8.78 Å². The van der Waals surface area contributed by atoms with E-state index in [1.807, 2.05) is 0 Å². The highest BCUT2D eigenvalue weighted by molar-refractivity contribution is 4.70. The van der Waals surface area contributed by atoms with Crippen LogP contribution in [-0.2, 0) is 0 Å². The SMILES string of the molecule is CCC(F)(F)CCCCC(C)(C)CN. The van der Waals surface area contributed by atoms with Crippen LogP contribution in [0.1, 0.15) is 52.9 Å². The van der Waals surface area contributed by atoms with Crippen molar-refractivity contribution in [3.05, 3.63) is 0 Å². The molecule has 14 heavy (non-hydrogen) atoms. The van der Waals surface area contributed by atoms with E-state index in [-0.39, 0.29) is 18.3 Å². The van der Waals surface area contributed by atoms with E-state index >= 15 is 0 Å². The minimum Gasteiger partial charge on any atom is -0.330 e. The number of rotatable bonds is 7. The fourth-order valence-electron chi connectivity index (χ4n) is 1.27. The van der Waals surface area contributed by atoms with Crippen LogP contribution in [-0.4, -0.2) is 12.5 Å². The van der Waals surface area contributed by atoms with Crippen molar-refractivity contribution in [2.45, 2.75) is 58.8 Å². The molecule has 0 saturated carbocycles. The van der Waals surface area contributed by atoms with Crippen LogP contribution < -0.4 is 5.73 Å². The molecule has 0 saturated heterocycles. The third-order valence-electron chi connectivity index (χ3n) is 2.72. The minimum atomic E-state index is -2.47. The Bertz CT molecular complexity index is 137. The molecular formula is C11H23F2N. The van der Waals surface area contributed by atoms with Crippen molar-refractivity contribution in [1.29, 1.82) is 0 Å². The normalized spacial score (nSPS) is 13.3. The number of halogens is 2. The van der Waals surface area contributed by atoms with Gasteiger partial charge in [0, 0.05) is 12.8 Å². The molecule has 0 radical (unpaired) electrons. The first kappa shape index (κ1) is 13.8. The molecule has 0 aliphatic carbocycles. The summed E-state index contributed by atoms with van der Waals surface area (Å²) in [5.41, 5.74) is 5.65. The van der Waals surface area contributed by atoms with Crippen molar-refractivity contribution in [3.63, 3.8) is 0 Å². The monoisotopic (exact) mass is 207 g/mol. The van der Waals surface area contributed by atoms with Crippen molar-refractivity contribution in [1.82, 2.24) is 0 Å². The highest BCUT2D eigenvalue weighted by Gasteiger charge is 2.25. The molecule has 0 unspecified atom stereocenters. The lowest BCUT2D eigenvalue weighted by Gasteiger charge is -2.22. The fourth-order valence-corrected chi connectivity index (χ4v) is 1.27. The Kier molecular flexibility index (Phi) is 5.57. The summed E-state index contributed by atoms with van der Waals surface area (Å²) in [7, 11) is 0. The third kappa shape index (κ3) is 6.30. The maximum Gasteiger partial charge on any atom is 0.247 e. The van der Waals surface area contributed by atoms with Crippen LogP contribution in [0.25, 0.3) is 0 Å². The summed E-state index contributed by atoms with van der Waals surface area (Å²) in [6.07, 6.45) is 2.35. The number of hydrogen-bond donors (Lipinski definition) is 1. The van der Waals surface area contributed by atoms with Gasteiger partial charge < -0.3 is 5.73 Å². The molecule has 0 rings (SSSR count). The van der Waals surface area contributed by atoms with Crippen molar-refractivity contribution >= 4 is 0 Å². The zero-order valence-electron chi connectivity index (χ0n) is 9.58.